The molecule has 0 fully saturated rings. The summed E-state index contributed by atoms with van der Waals surface area (Å²) in [4.78, 5) is 16.4. The SMILES string of the molecule is CCC(NC(=O)CCCn1cnnn1)c1ncccc1C. The van der Waals surface area contributed by atoms with Crippen LogP contribution in [0.4, 0.5) is 0 Å². The van der Waals surface area contributed by atoms with Gasteiger partial charge in [0.15, 0.2) is 0 Å². The van der Waals surface area contributed by atoms with Crippen molar-refractivity contribution >= 4 is 5.91 Å². The monoisotopic (exact) mass is 288 g/mol. The third kappa shape index (κ3) is 4.34. The average Bonchev–Trinajstić information content (AvgIpc) is 2.99. The van der Waals surface area contributed by atoms with Crippen molar-refractivity contribution in [2.75, 3.05) is 0 Å². The molecular weight excluding hydrogens is 268 g/mol. The quantitative estimate of drug-likeness (QED) is 0.833. The highest BCUT2D eigenvalue weighted by Crippen LogP contribution is 2.17. The van der Waals surface area contributed by atoms with Gasteiger partial charge in [0.25, 0.3) is 0 Å². The molecule has 2 heterocycles. The molecule has 1 amide bonds. The van der Waals surface area contributed by atoms with E-state index in [1.807, 2.05) is 26.0 Å². The van der Waals surface area contributed by atoms with Crippen LogP contribution in [0.15, 0.2) is 24.7 Å². The van der Waals surface area contributed by atoms with E-state index >= 15 is 0 Å². The molecule has 2 aromatic heterocycles. The molecule has 0 saturated carbocycles. The maximum Gasteiger partial charge on any atom is 0.220 e. The first-order chi connectivity index (χ1) is 10.2. The molecule has 0 spiro atoms. The Morgan fingerprint density at radius 2 is 2.33 bits per heavy atom. The van der Waals surface area contributed by atoms with Gasteiger partial charge in [0.2, 0.25) is 5.91 Å². The van der Waals surface area contributed by atoms with Gasteiger partial charge in [-0.1, -0.05) is 13.0 Å². The number of hydrogen-bond acceptors (Lipinski definition) is 5. The summed E-state index contributed by atoms with van der Waals surface area (Å²) in [6, 6.07) is 3.88. The Labute approximate surface area is 123 Å². The Kier molecular flexibility index (Phi) is 5.36. The number of nitrogens with zero attached hydrogens (tertiary/aromatic N) is 5. The number of rotatable bonds is 7. The van der Waals surface area contributed by atoms with Crippen molar-refractivity contribution in [3.63, 3.8) is 0 Å². The second-order valence-corrected chi connectivity index (χ2v) is 4.91. The first kappa shape index (κ1) is 15.1. The molecule has 0 aliphatic heterocycles. The van der Waals surface area contributed by atoms with Crippen molar-refractivity contribution in [2.24, 2.45) is 0 Å². The van der Waals surface area contributed by atoms with Crippen LogP contribution in [-0.2, 0) is 11.3 Å². The largest absolute Gasteiger partial charge is 0.348 e. The normalized spacial score (nSPS) is 12.1. The second kappa shape index (κ2) is 7.47. The lowest BCUT2D eigenvalue weighted by Crippen LogP contribution is -2.29. The average molecular weight is 288 g/mol. The van der Waals surface area contributed by atoms with Crippen LogP contribution in [-0.4, -0.2) is 31.1 Å². The van der Waals surface area contributed by atoms with E-state index in [0.29, 0.717) is 19.4 Å². The molecule has 1 N–H and O–H groups in total. The number of aryl methyl sites for hydroxylation is 2. The molecule has 0 radical (unpaired) electrons. The zero-order valence-corrected chi connectivity index (χ0v) is 12.4. The minimum atomic E-state index is -0.0354. The molecule has 112 valence electrons. The van der Waals surface area contributed by atoms with Crippen molar-refractivity contribution in [3.8, 4) is 0 Å². The summed E-state index contributed by atoms with van der Waals surface area (Å²) in [5.74, 6) is 0.0278. The summed E-state index contributed by atoms with van der Waals surface area (Å²) in [6.07, 6.45) is 5.27. The van der Waals surface area contributed by atoms with E-state index in [1.54, 1.807) is 17.2 Å². The van der Waals surface area contributed by atoms with Gasteiger partial charge in [-0.2, -0.15) is 0 Å². The van der Waals surface area contributed by atoms with Crippen LogP contribution >= 0.6 is 0 Å². The minimum Gasteiger partial charge on any atom is -0.348 e. The van der Waals surface area contributed by atoms with E-state index in [1.165, 1.54) is 0 Å². The van der Waals surface area contributed by atoms with E-state index in [2.05, 4.69) is 25.8 Å². The van der Waals surface area contributed by atoms with Crippen LogP contribution in [0.25, 0.3) is 0 Å². The molecule has 0 aromatic carbocycles. The van der Waals surface area contributed by atoms with E-state index in [0.717, 1.165) is 17.7 Å². The maximum absolute atomic E-state index is 12.0. The summed E-state index contributed by atoms with van der Waals surface area (Å²) in [5, 5.41) is 13.9. The third-order valence-electron chi connectivity index (χ3n) is 3.31. The molecule has 0 bridgehead atoms. The van der Waals surface area contributed by atoms with Crippen molar-refractivity contribution in [2.45, 2.75) is 45.7 Å². The molecule has 0 aliphatic rings. The van der Waals surface area contributed by atoms with Crippen LogP contribution < -0.4 is 5.32 Å². The molecule has 2 aromatic rings. The predicted octanol–water partition coefficient (Wildman–Crippen LogP) is 1.42. The number of nitrogens with one attached hydrogen (secondary N) is 1. The van der Waals surface area contributed by atoms with Gasteiger partial charge in [0.1, 0.15) is 6.33 Å². The topological polar surface area (TPSA) is 85.6 Å². The van der Waals surface area contributed by atoms with Gasteiger partial charge < -0.3 is 5.32 Å². The Balaban J connectivity index is 1.84. The summed E-state index contributed by atoms with van der Waals surface area (Å²) in [7, 11) is 0. The van der Waals surface area contributed by atoms with Crippen molar-refractivity contribution < 1.29 is 4.79 Å². The molecule has 0 aliphatic carbocycles. The van der Waals surface area contributed by atoms with Crippen LogP contribution in [0, 0.1) is 6.92 Å². The smallest absolute Gasteiger partial charge is 0.220 e. The number of pyridine rings is 1. The molecule has 7 nitrogen and oxygen atoms in total. The van der Waals surface area contributed by atoms with Crippen LogP contribution in [0.5, 0.6) is 0 Å². The highest BCUT2D eigenvalue weighted by atomic mass is 16.1. The number of tetrazole rings is 1. The Hall–Kier alpha value is -2.31. The second-order valence-electron chi connectivity index (χ2n) is 4.91. The van der Waals surface area contributed by atoms with Gasteiger partial charge in [-0.3, -0.25) is 9.78 Å². The Morgan fingerprint density at radius 1 is 1.48 bits per heavy atom. The van der Waals surface area contributed by atoms with Gasteiger partial charge in [-0.25, -0.2) is 4.68 Å². The molecule has 1 atom stereocenters. The summed E-state index contributed by atoms with van der Waals surface area (Å²) in [5.41, 5.74) is 2.03. The highest BCUT2D eigenvalue weighted by Gasteiger charge is 2.15. The lowest BCUT2D eigenvalue weighted by Gasteiger charge is -2.18. The summed E-state index contributed by atoms with van der Waals surface area (Å²) in [6.45, 7) is 4.69. The fraction of sp³-hybridized carbons (Fsp3) is 0.500. The third-order valence-corrected chi connectivity index (χ3v) is 3.31. The molecular formula is C14H20N6O. The zero-order chi connectivity index (χ0) is 15.1. The fourth-order valence-electron chi connectivity index (χ4n) is 2.18. The first-order valence-corrected chi connectivity index (χ1v) is 7.12. The maximum atomic E-state index is 12.0. The van der Waals surface area contributed by atoms with Gasteiger partial charge in [-0.05, 0) is 41.8 Å². The molecule has 21 heavy (non-hydrogen) atoms. The molecule has 0 saturated heterocycles. The summed E-state index contributed by atoms with van der Waals surface area (Å²) < 4.78 is 1.62. The highest BCUT2D eigenvalue weighted by molar-refractivity contribution is 5.76. The molecule has 2 rings (SSSR count). The Morgan fingerprint density at radius 3 is 3.00 bits per heavy atom. The van der Waals surface area contributed by atoms with E-state index in [-0.39, 0.29) is 11.9 Å². The van der Waals surface area contributed by atoms with Crippen molar-refractivity contribution in [1.82, 2.24) is 30.5 Å². The number of carbonyl (C=O) groups is 1. The van der Waals surface area contributed by atoms with Gasteiger partial charge in [0.05, 0.1) is 11.7 Å². The molecule has 1 unspecified atom stereocenters. The fourth-order valence-corrected chi connectivity index (χ4v) is 2.18. The van der Waals surface area contributed by atoms with Gasteiger partial charge in [-0.15, -0.1) is 5.10 Å². The van der Waals surface area contributed by atoms with Crippen LogP contribution in [0.1, 0.15) is 43.5 Å². The van der Waals surface area contributed by atoms with Crippen LogP contribution in [0.3, 0.4) is 0 Å². The van der Waals surface area contributed by atoms with E-state index < -0.39 is 0 Å². The van der Waals surface area contributed by atoms with Gasteiger partial charge in [0, 0.05) is 19.2 Å². The first-order valence-electron chi connectivity index (χ1n) is 7.12. The number of hydrogen-bond donors (Lipinski definition) is 1. The molecule has 7 heteroatoms. The van der Waals surface area contributed by atoms with Gasteiger partial charge >= 0.3 is 0 Å². The number of aromatic nitrogens is 5. The van der Waals surface area contributed by atoms with E-state index in [9.17, 15) is 4.79 Å². The standard InChI is InChI=1S/C14H20N6O/c1-3-12(14-11(2)6-4-8-15-14)17-13(21)7-5-9-20-10-16-18-19-20/h4,6,8,10,12H,3,5,7,9H2,1-2H3,(H,17,21). The lowest BCUT2D eigenvalue weighted by atomic mass is 10.1. The summed E-state index contributed by atoms with van der Waals surface area (Å²) >= 11 is 0. The Bertz CT molecular complexity index is 569. The zero-order valence-electron chi connectivity index (χ0n) is 12.4. The minimum absolute atomic E-state index is 0.0278. The lowest BCUT2D eigenvalue weighted by molar-refractivity contribution is -0.122. The predicted molar refractivity (Wildman–Crippen MR) is 77.2 cm³/mol. The number of amides is 1. The van der Waals surface area contributed by atoms with Crippen molar-refractivity contribution in [3.05, 3.63) is 35.9 Å². The van der Waals surface area contributed by atoms with E-state index in [4.69, 9.17) is 0 Å². The number of carbonyl (C=O) groups excluding carboxylic acids is 1. The van der Waals surface area contributed by atoms with Crippen molar-refractivity contribution in [1.29, 1.82) is 0 Å². The van der Waals surface area contributed by atoms with Crippen LogP contribution in [0.2, 0.25) is 0 Å².